The number of aromatic nitrogens is 3. The van der Waals surface area contributed by atoms with Crippen LogP contribution in [0.15, 0.2) is 63.5 Å². The quantitative estimate of drug-likeness (QED) is 0.432. The number of para-hydroxylation sites is 2. The first kappa shape index (κ1) is 19.8. The van der Waals surface area contributed by atoms with Crippen LogP contribution in [0.25, 0.3) is 22.7 Å². The lowest BCUT2D eigenvalue weighted by molar-refractivity contribution is -0.159. The number of ether oxygens (including phenoxy) is 3. The van der Waals surface area contributed by atoms with Gasteiger partial charge in [0.25, 0.3) is 11.8 Å². The fraction of sp³-hybridized carbons (Fsp3) is 0.217. The van der Waals surface area contributed by atoms with Crippen LogP contribution in [-0.2, 0) is 16.1 Å². The van der Waals surface area contributed by atoms with Crippen molar-refractivity contribution in [3.05, 3.63) is 66.2 Å². The third-order valence-corrected chi connectivity index (χ3v) is 5.00. The SMILES string of the molecule is Cc1onc(-c2ccccc2)c1-c1nnc(COC(=O)[C@@H]2Oc3ccccc3O[C@@H]2C)o1. The molecule has 0 fully saturated rings. The molecular formula is C23H19N3O6. The molecule has 0 aliphatic carbocycles. The van der Waals surface area contributed by atoms with Crippen LogP contribution in [0.4, 0.5) is 0 Å². The second kappa shape index (κ2) is 8.18. The van der Waals surface area contributed by atoms with Crippen LogP contribution in [-0.4, -0.2) is 33.5 Å². The van der Waals surface area contributed by atoms with Crippen molar-refractivity contribution < 1.29 is 27.9 Å². The molecule has 0 radical (unpaired) electrons. The van der Waals surface area contributed by atoms with Gasteiger partial charge < -0.3 is 23.2 Å². The number of rotatable bonds is 5. The van der Waals surface area contributed by atoms with Crippen LogP contribution in [0.5, 0.6) is 11.5 Å². The van der Waals surface area contributed by atoms with Crippen molar-refractivity contribution in [2.45, 2.75) is 32.7 Å². The highest BCUT2D eigenvalue weighted by molar-refractivity contribution is 5.78. The second-order valence-electron chi connectivity index (χ2n) is 7.25. The molecule has 3 heterocycles. The summed E-state index contributed by atoms with van der Waals surface area (Å²) in [6, 6.07) is 16.7. The van der Waals surface area contributed by atoms with Crippen molar-refractivity contribution in [1.82, 2.24) is 15.4 Å². The van der Waals surface area contributed by atoms with Crippen LogP contribution < -0.4 is 9.47 Å². The predicted molar refractivity (Wildman–Crippen MR) is 111 cm³/mol. The molecule has 2 atom stereocenters. The van der Waals surface area contributed by atoms with Crippen LogP contribution in [0.2, 0.25) is 0 Å². The molecule has 4 aromatic rings. The van der Waals surface area contributed by atoms with E-state index in [2.05, 4.69) is 15.4 Å². The van der Waals surface area contributed by atoms with Gasteiger partial charge in [-0.2, -0.15) is 0 Å². The maximum atomic E-state index is 12.6. The van der Waals surface area contributed by atoms with Crippen LogP contribution in [0, 0.1) is 6.92 Å². The molecule has 2 aromatic heterocycles. The van der Waals surface area contributed by atoms with Crippen LogP contribution in [0.1, 0.15) is 18.6 Å². The average Bonchev–Trinajstić information content (AvgIpc) is 3.43. The van der Waals surface area contributed by atoms with Gasteiger partial charge in [0.1, 0.15) is 23.1 Å². The van der Waals surface area contributed by atoms with Gasteiger partial charge in [0.2, 0.25) is 6.10 Å². The van der Waals surface area contributed by atoms with Crippen molar-refractivity contribution in [2.75, 3.05) is 0 Å². The predicted octanol–water partition coefficient (Wildman–Crippen LogP) is 3.97. The van der Waals surface area contributed by atoms with Crippen molar-refractivity contribution >= 4 is 5.97 Å². The smallest absolute Gasteiger partial charge is 0.351 e. The second-order valence-corrected chi connectivity index (χ2v) is 7.25. The minimum Gasteiger partial charge on any atom is -0.482 e. The van der Waals surface area contributed by atoms with E-state index in [0.29, 0.717) is 28.5 Å². The zero-order chi connectivity index (χ0) is 22.1. The maximum Gasteiger partial charge on any atom is 0.351 e. The largest absolute Gasteiger partial charge is 0.482 e. The van der Waals surface area contributed by atoms with E-state index in [-0.39, 0.29) is 18.4 Å². The fourth-order valence-electron chi connectivity index (χ4n) is 3.42. The number of esters is 1. The Hall–Kier alpha value is -4.14. The molecule has 32 heavy (non-hydrogen) atoms. The molecule has 0 bridgehead atoms. The van der Waals surface area contributed by atoms with Crippen LogP contribution >= 0.6 is 0 Å². The van der Waals surface area contributed by atoms with Gasteiger partial charge in [0.15, 0.2) is 18.1 Å². The number of hydrogen-bond donors (Lipinski definition) is 0. The molecule has 9 nitrogen and oxygen atoms in total. The molecular weight excluding hydrogens is 414 g/mol. The first-order valence-electron chi connectivity index (χ1n) is 10.0. The van der Waals surface area contributed by atoms with Gasteiger partial charge >= 0.3 is 5.97 Å². The lowest BCUT2D eigenvalue weighted by Crippen LogP contribution is -2.44. The number of nitrogens with zero attached hydrogens (tertiary/aromatic N) is 3. The molecule has 0 saturated carbocycles. The number of benzene rings is 2. The van der Waals surface area contributed by atoms with Gasteiger partial charge in [0, 0.05) is 5.56 Å². The molecule has 2 aromatic carbocycles. The van der Waals surface area contributed by atoms with E-state index >= 15 is 0 Å². The van der Waals surface area contributed by atoms with E-state index in [9.17, 15) is 4.79 Å². The highest BCUT2D eigenvalue weighted by atomic mass is 16.6. The summed E-state index contributed by atoms with van der Waals surface area (Å²) in [5, 5.41) is 12.2. The summed E-state index contributed by atoms with van der Waals surface area (Å²) >= 11 is 0. The first-order valence-corrected chi connectivity index (χ1v) is 10.0. The van der Waals surface area contributed by atoms with Gasteiger partial charge in [-0.1, -0.05) is 47.6 Å². The van der Waals surface area contributed by atoms with Crippen molar-refractivity contribution in [2.24, 2.45) is 0 Å². The highest BCUT2D eigenvalue weighted by Gasteiger charge is 2.35. The minimum absolute atomic E-state index is 0.137. The monoisotopic (exact) mass is 433 g/mol. The topological polar surface area (TPSA) is 110 Å². The van der Waals surface area contributed by atoms with Gasteiger partial charge in [-0.15, -0.1) is 10.2 Å². The summed E-state index contributed by atoms with van der Waals surface area (Å²) in [7, 11) is 0. The van der Waals surface area contributed by atoms with E-state index in [1.165, 1.54) is 0 Å². The van der Waals surface area contributed by atoms with Crippen molar-refractivity contribution in [3.8, 4) is 34.2 Å². The molecule has 9 heteroatoms. The Morgan fingerprint density at radius 2 is 1.72 bits per heavy atom. The Morgan fingerprint density at radius 1 is 1.00 bits per heavy atom. The number of fused-ring (bicyclic) bond motifs is 1. The molecule has 0 saturated heterocycles. The fourth-order valence-corrected chi connectivity index (χ4v) is 3.42. The molecule has 1 aliphatic rings. The number of carbonyl (C=O) groups excluding carboxylic acids is 1. The minimum atomic E-state index is -0.905. The Kier molecular flexibility index (Phi) is 5.06. The Labute approximate surface area is 182 Å². The summed E-state index contributed by atoms with van der Waals surface area (Å²) in [6.45, 7) is 3.30. The van der Waals surface area contributed by atoms with Gasteiger partial charge in [-0.05, 0) is 26.0 Å². The van der Waals surface area contributed by atoms with Gasteiger partial charge in [-0.25, -0.2) is 4.79 Å². The first-order chi connectivity index (χ1) is 15.6. The third-order valence-electron chi connectivity index (χ3n) is 5.00. The number of hydrogen-bond acceptors (Lipinski definition) is 9. The van der Waals surface area contributed by atoms with E-state index in [4.69, 9.17) is 23.2 Å². The number of carbonyl (C=O) groups is 1. The lowest BCUT2D eigenvalue weighted by atomic mass is 10.1. The summed E-state index contributed by atoms with van der Waals surface area (Å²) in [6.07, 6.45) is -1.42. The van der Waals surface area contributed by atoms with Crippen molar-refractivity contribution in [1.29, 1.82) is 0 Å². The Morgan fingerprint density at radius 3 is 2.50 bits per heavy atom. The molecule has 1 aliphatic heterocycles. The van der Waals surface area contributed by atoms with E-state index in [0.717, 1.165) is 5.56 Å². The highest BCUT2D eigenvalue weighted by Crippen LogP contribution is 2.35. The summed E-state index contributed by atoms with van der Waals surface area (Å²) in [4.78, 5) is 12.6. The molecule has 162 valence electrons. The van der Waals surface area contributed by atoms with E-state index in [1.54, 1.807) is 32.0 Å². The molecule has 0 amide bonds. The van der Waals surface area contributed by atoms with Gasteiger partial charge in [0.05, 0.1) is 0 Å². The standard InChI is InChI=1S/C23H19N3O6/c1-13-19(20(26-32-13)15-8-4-3-5-9-15)22-25-24-18(31-22)12-28-23(27)21-14(2)29-16-10-6-7-11-17(16)30-21/h3-11,14,21H,12H2,1-2H3/t14-,21-/m1/s1. The molecule has 0 N–H and O–H groups in total. The van der Waals surface area contributed by atoms with E-state index in [1.807, 2.05) is 36.4 Å². The average molecular weight is 433 g/mol. The summed E-state index contributed by atoms with van der Waals surface area (Å²) in [5.41, 5.74) is 2.04. The van der Waals surface area contributed by atoms with Crippen LogP contribution in [0.3, 0.4) is 0 Å². The van der Waals surface area contributed by atoms with E-state index < -0.39 is 18.2 Å². The van der Waals surface area contributed by atoms with Crippen molar-refractivity contribution in [3.63, 3.8) is 0 Å². The number of aryl methyl sites for hydroxylation is 1. The molecule has 0 unspecified atom stereocenters. The summed E-state index contributed by atoms with van der Waals surface area (Å²) in [5.74, 6) is 1.40. The Bertz CT molecular complexity index is 1250. The summed E-state index contributed by atoms with van der Waals surface area (Å²) < 4.78 is 27.9. The Balaban J connectivity index is 1.29. The zero-order valence-corrected chi connectivity index (χ0v) is 17.3. The normalized spacial score (nSPS) is 17.2. The third kappa shape index (κ3) is 3.68. The molecule has 5 rings (SSSR count). The molecule has 0 spiro atoms. The van der Waals surface area contributed by atoms with Gasteiger partial charge in [-0.3, -0.25) is 0 Å². The lowest BCUT2D eigenvalue weighted by Gasteiger charge is -2.30. The maximum absolute atomic E-state index is 12.6. The zero-order valence-electron chi connectivity index (χ0n) is 17.3.